The van der Waals surface area contributed by atoms with Gasteiger partial charge in [-0.15, -0.1) is 0 Å². The number of amides is 1. The van der Waals surface area contributed by atoms with Gasteiger partial charge in [-0.25, -0.2) is 9.89 Å². The Morgan fingerprint density at radius 3 is 2.67 bits per heavy atom. The van der Waals surface area contributed by atoms with Crippen LogP contribution < -0.4 is 11.0 Å². The summed E-state index contributed by atoms with van der Waals surface area (Å²) in [5.41, 5.74) is 1.75. The summed E-state index contributed by atoms with van der Waals surface area (Å²) in [5.74, 6) is 0.129. The Morgan fingerprint density at radius 2 is 2.08 bits per heavy atom. The average molecular weight is 326 g/mol. The molecule has 2 heterocycles. The van der Waals surface area contributed by atoms with Gasteiger partial charge in [-0.2, -0.15) is 10.2 Å². The summed E-state index contributed by atoms with van der Waals surface area (Å²) in [6, 6.07) is 9.23. The van der Waals surface area contributed by atoms with Crippen molar-refractivity contribution in [1.29, 1.82) is 0 Å². The first kappa shape index (κ1) is 15.7. The van der Waals surface area contributed by atoms with E-state index in [4.69, 9.17) is 0 Å². The predicted octanol–water partition coefficient (Wildman–Crippen LogP) is 0.854. The minimum Gasteiger partial charge on any atom is -0.342 e. The topological polar surface area (TPSA) is 108 Å². The molecular formula is C16H18N6O2. The summed E-state index contributed by atoms with van der Waals surface area (Å²) < 4.78 is 1.59. The van der Waals surface area contributed by atoms with Crippen molar-refractivity contribution in [2.24, 2.45) is 7.05 Å². The van der Waals surface area contributed by atoms with Crippen LogP contribution in [0.2, 0.25) is 0 Å². The zero-order valence-corrected chi connectivity index (χ0v) is 13.4. The average Bonchev–Trinajstić information content (AvgIpc) is 3.13. The third-order valence-corrected chi connectivity index (χ3v) is 3.70. The quantitative estimate of drug-likeness (QED) is 0.646. The van der Waals surface area contributed by atoms with Gasteiger partial charge >= 0.3 is 5.69 Å². The Labute approximate surface area is 137 Å². The van der Waals surface area contributed by atoms with Crippen LogP contribution in [-0.4, -0.2) is 30.9 Å². The highest BCUT2D eigenvalue weighted by atomic mass is 16.2. The molecule has 2 aromatic heterocycles. The molecule has 0 aliphatic carbocycles. The van der Waals surface area contributed by atoms with Crippen molar-refractivity contribution in [3.05, 3.63) is 69.7 Å². The predicted molar refractivity (Wildman–Crippen MR) is 87.5 cm³/mol. The maximum absolute atomic E-state index is 12.6. The van der Waals surface area contributed by atoms with Crippen molar-refractivity contribution in [3.63, 3.8) is 0 Å². The van der Waals surface area contributed by atoms with E-state index in [9.17, 15) is 9.59 Å². The van der Waals surface area contributed by atoms with E-state index in [2.05, 4.69) is 25.6 Å². The van der Waals surface area contributed by atoms with Gasteiger partial charge in [-0.3, -0.25) is 14.5 Å². The number of carbonyl (C=O) groups excluding carboxylic acids is 1. The lowest BCUT2D eigenvalue weighted by Crippen LogP contribution is -2.31. The van der Waals surface area contributed by atoms with E-state index in [1.165, 1.54) is 0 Å². The van der Waals surface area contributed by atoms with E-state index in [0.717, 1.165) is 5.56 Å². The summed E-state index contributed by atoms with van der Waals surface area (Å²) in [5, 5.41) is 13.4. The fourth-order valence-corrected chi connectivity index (χ4v) is 2.57. The van der Waals surface area contributed by atoms with Crippen LogP contribution in [0.1, 0.15) is 33.5 Å². The van der Waals surface area contributed by atoms with Crippen molar-refractivity contribution in [1.82, 2.24) is 30.3 Å². The van der Waals surface area contributed by atoms with Gasteiger partial charge in [0.05, 0.1) is 17.3 Å². The van der Waals surface area contributed by atoms with E-state index >= 15 is 0 Å². The molecule has 0 fully saturated rings. The maximum atomic E-state index is 12.6. The highest BCUT2D eigenvalue weighted by molar-refractivity contribution is 5.95. The molecule has 3 N–H and O–H groups in total. The molecule has 1 amide bonds. The first-order valence-electron chi connectivity index (χ1n) is 7.52. The van der Waals surface area contributed by atoms with Crippen LogP contribution in [0.25, 0.3) is 0 Å². The fourth-order valence-electron chi connectivity index (χ4n) is 2.57. The number of hydrogen-bond donors (Lipinski definition) is 3. The van der Waals surface area contributed by atoms with E-state index in [-0.39, 0.29) is 5.91 Å². The third kappa shape index (κ3) is 3.43. The Balaban J connectivity index is 1.86. The molecule has 8 nitrogen and oxygen atoms in total. The zero-order chi connectivity index (χ0) is 17.1. The Bertz CT molecular complexity index is 893. The first-order chi connectivity index (χ1) is 11.5. The number of aromatic amines is 2. The second kappa shape index (κ2) is 6.53. The standard InChI is InChI=1S/C16H18N6O2/c1-10-12(9-22(2)21-10)15(23)17-13(14-18-16(24)20-19-14)8-11-6-4-3-5-7-11/h3-7,9,13H,8H2,1-2H3,(H,17,23)(H2,18,19,20,24)/t13-/m1/s1. The monoisotopic (exact) mass is 326 g/mol. The second-order valence-electron chi connectivity index (χ2n) is 5.58. The molecule has 3 rings (SSSR count). The minimum absolute atomic E-state index is 0.259. The molecule has 124 valence electrons. The molecule has 0 bridgehead atoms. The summed E-state index contributed by atoms with van der Waals surface area (Å²) in [7, 11) is 1.76. The summed E-state index contributed by atoms with van der Waals surface area (Å²) in [6.45, 7) is 1.78. The van der Waals surface area contributed by atoms with Crippen LogP contribution in [-0.2, 0) is 13.5 Å². The Morgan fingerprint density at radius 1 is 1.33 bits per heavy atom. The fraction of sp³-hybridized carbons (Fsp3) is 0.250. The number of hydrogen-bond acceptors (Lipinski definition) is 4. The molecule has 0 saturated carbocycles. The zero-order valence-electron chi connectivity index (χ0n) is 13.4. The number of aromatic nitrogens is 5. The molecule has 8 heteroatoms. The molecule has 1 aromatic carbocycles. The van der Waals surface area contributed by atoms with Crippen LogP contribution in [0.4, 0.5) is 0 Å². The van der Waals surface area contributed by atoms with Gasteiger partial charge in [0, 0.05) is 13.2 Å². The molecular weight excluding hydrogens is 308 g/mol. The lowest BCUT2D eigenvalue weighted by molar-refractivity contribution is 0.0934. The molecule has 1 atom stereocenters. The van der Waals surface area contributed by atoms with Crippen molar-refractivity contribution in [3.8, 4) is 0 Å². The number of benzene rings is 1. The molecule has 0 aliphatic rings. The highest BCUT2D eigenvalue weighted by Gasteiger charge is 2.21. The van der Waals surface area contributed by atoms with Crippen molar-refractivity contribution >= 4 is 5.91 Å². The number of rotatable bonds is 5. The van der Waals surface area contributed by atoms with Crippen LogP contribution in [0.15, 0.2) is 41.3 Å². The summed E-state index contributed by atoms with van der Waals surface area (Å²) in [4.78, 5) is 26.5. The second-order valence-corrected chi connectivity index (χ2v) is 5.58. The number of nitrogens with zero attached hydrogens (tertiary/aromatic N) is 3. The smallest absolute Gasteiger partial charge is 0.340 e. The van der Waals surface area contributed by atoms with Gasteiger partial charge < -0.3 is 5.32 Å². The van der Waals surface area contributed by atoms with E-state index < -0.39 is 11.7 Å². The van der Waals surface area contributed by atoms with Crippen LogP contribution in [0, 0.1) is 6.92 Å². The molecule has 0 radical (unpaired) electrons. The number of aryl methyl sites for hydroxylation is 2. The molecule has 0 unspecified atom stereocenters. The lowest BCUT2D eigenvalue weighted by atomic mass is 10.0. The van der Waals surface area contributed by atoms with Crippen LogP contribution in [0.5, 0.6) is 0 Å². The van der Waals surface area contributed by atoms with E-state index in [1.807, 2.05) is 30.3 Å². The SMILES string of the molecule is Cc1nn(C)cc1C(=O)N[C@H](Cc1ccccc1)c1n[nH]c(=O)[nH]1. The minimum atomic E-state index is -0.460. The number of nitrogens with one attached hydrogen (secondary N) is 3. The highest BCUT2D eigenvalue weighted by Crippen LogP contribution is 2.15. The normalized spacial score (nSPS) is 12.1. The van der Waals surface area contributed by atoms with Gasteiger partial charge in [-0.1, -0.05) is 30.3 Å². The summed E-state index contributed by atoms with van der Waals surface area (Å²) in [6.07, 6.45) is 2.17. The molecule has 3 aromatic rings. The van der Waals surface area contributed by atoms with Gasteiger partial charge in [0.2, 0.25) is 0 Å². The molecule has 0 aliphatic heterocycles. The lowest BCUT2D eigenvalue weighted by Gasteiger charge is -2.16. The molecule has 24 heavy (non-hydrogen) atoms. The third-order valence-electron chi connectivity index (χ3n) is 3.70. The van der Waals surface area contributed by atoms with E-state index in [1.54, 1.807) is 24.9 Å². The summed E-state index contributed by atoms with van der Waals surface area (Å²) >= 11 is 0. The van der Waals surface area contributed by atoms with Crippen LogP contribution in [0.3, 0.4) is 0 Å². The number of carbonyl (C=O) groups is 1. The van der Waals surface area contributed by atoms with Gasteiger partial charge in [0.15, 0.2) is 5.82 Å². The van der Waals surface area contributed by atoms with Gasteiger partial charge in [-0.05, 0) is 18.9 Å². The van der Waals surface area contributed by atoms with Gasteiger partial charge in [0.1, 0.15) is 0 Å². The van der Waals surface area contributed by atoms with E-state index in [0.29, 0.717) is 23.5 Å². The molecule has 0 saturated heterocycles. The first-order valence-corrected chi connectivity index (χ1v) is 7.52. The molecule has 0 spiro atoms. The van der Waals surface area contributed by atoms with Crippen molar-refractivity contribution in [2.45, 2.75) is 19.4 Å². The Hall–Kier alpha value is -3.16. The number of H-pyrrole nitrogens is 2. The van der Waals surface area contributed by atoms with Crippen LogP contribution >= 0.6 is 0 Å². The van der Waals surface area contributed by atoms with Crippen molar-refractivity contribution < 1.29 is 4.79 Å². The van der Waals surface area contributed by atoms with Crippen molar-refractivity contribution in [2.75, 3.05) is 0 Å². The maximum Gasteiger partial charge on any atom is 0.340 e. The Kier molecular flexibility index (Phi) is 4.28. The largest absolute Gasteiger partial charge is 0.342 e. The van der Waals surface area contributed by atoms with Gasteiger partial charge in [0.25, 0.3) is 5.91 Å².